The SMILES string of the molecule is CCCCNC(=O)c1ccc(NC2=N[C@@H]3CS(=O)(=O)C[C@@H]3S2)cc1. The summed E-state index contributed by atoms with van der Waals surface area (Å²) in [5.74, 6) is 0.281. The Labute approximate surface area is 146 Å². The lowest BCUT2D eigenvalue weighted by Crippen LogP contribution is -2.24. The first-order valence-corrected chi connectivity index (χ1v) is 10.8. The maximum Gasteiger partial charge on any atom is 0.251 e. The zero-order valence-corrected chi connectivity index (χ0v) is 15.1. The number of sulfone groups is 1. The summed E-state index contributed by atoms with van der Waals surface area (Å²) in [7, 11) is -2.93. The summed E-state index contributed by atoms with van der Waals surface area (Å²) in [5, 5.41) is 6.86. The number of fused-ring (bicyclic) bond motifs is 1. The molecule has 0 spiro atoms. The predicted molar refractivity (Wildman–Crippen MR) is 98.6 cm³/mol. The van der Waals surface area contributed by atoms with E-state index in [0.29, 0.717) is 12.1 Å². The van der Waals surface area contributed by atoms with Crippen LogP contribution in [0.15, 0.2) is 29.3 Å². The van der Waals surface area contributed by atoms with Crippen LogP contribution in [0.4, 0.5) is 5.69 Å². The van der Waals surface area contributed by atoms with Crippen LogP contribution in [0.25, 0.3) is 0 Å². The third-order valence-corrected chi connectivity index (χ3v) is 7.17. The third-order valence-electron chi connectivity index (χ3n) is 4.03. The lowest BCUT2D eigenvalue weighted by Gasteiger charge is -2.08. The molecule has 0 unspecified atom stereocenters. The molecule has 0 bridgehead atoms. The van der Waals surface area contributed by atoms with Crippen LogP contribution in [0, 0.1) is 0 Å². The van der Waals surface area contributed by atoms with E-state index in [1.807, 2.05) is 12.1 Å². The molecule has 1 aromatic rings. The number of hydrogen-bond donors (Lipinski definition) is 2. The highest BCUT2D eigenvalue weighted by molar-refractivity contribution is 8.15. The van der Waals surface area contributed by atoms with Crippen molar-refractivity contribution in [3.8, 4) is 0 Å². The highest BCUT2D eigenvalue weighted by atomic mass is 32.2. The normalized spacial score (nSPS) is 24.3. The molecule has 1 fully saturated rings. The Morgan fingerprint density at radius 3 is 2.71 bits per heavy atom. The molecule has 3 rings (SSSR count). The average Bonchev–Trinajstić information content (AvgIpc) is 3.00. The Balaban J connectivity index is 1.57. The topological polar surface area (TPSA) is 87.6 Å². The van der Waals surface area contributed by atoms with Crippen molar-refractivity contribution < 1.29 is 13.2 Å². The fourth-order valence-corrected chi connectivity index (χ4v) is 6.40. The minimum absolute atomic E-state index is 0.0288. The van der Waals surface area contributed by atoms with E-state index < -0.39 is 9.84 Å². The van der Waals surface area contributed by atoms with Crippen LogP contribution >= 0.6 is 11.8 Å². The van der Waals surface area contributed by atoms with Gasteiger partial charge in [0.25, 0.3) is 5.91 Å². The van der Waals surface area contributed by atoms with Gasteiger partial charge in [0.2, 0.25) is 0 Å². The van der Waals surface area contributed by atoms with E-state index in [1.54, 1.807) is 12.1 Å². The lowest BCUT2D eigenvalue weighted by atomic mass is 10.2. The first-order valence-electron chi connectivity index (χ1n) is 8.07. The standard InChI is InChI=1S/C16H21N3O3S2/c1-2-3-8-17-15(20)11-4-6-12(7-5-11)18-16-19-13-9-24(21,22)10-14(13)23-16/h4-7,13-14H,2-3,8-10H2,1H3,(H,17,20)(H,18,19)/t13-,14+/m1/s1. The molecule has 0 aliphatic carbocycles. The summed E-state index contributed by atoms with van der Waals surface area (Å²) in [4.78, 5) is 16.4. The molecule has 24 heavy (non-hydrogen) atoms. The Bertz CT molecular complexity index is 744. The van der Waals surface area contributed by atoms with Gasteiger partial charge in [0.15, 0.2) is 15.0 Å². The molecular formula is C16H21N3O3S2. The van der Waals surface area contributed by atoms with Crippen molar-refractivity contribution >= 4 is 38.4 Å². The summed E-state index contributed by atoms with van der Waals surface area (Å²) in [6.45, 7) is 2.77. The number of rotatable bonds is 5. The van der Waals surface area contributed by atoms with Gasteiger partial charge in [-0.05, 0) is 30.7 Å². The second kappa shape index (κ2) is 7.14. The van der Waals surface area contributed by atoms with Crippen molar-refractivity contribution in [3.63, 3.8) is 0 Å². The van der Waals surface area contributed by atoms with Crippen molar-refractivity contribution in [2.45, 2.75) is 31.1 Å². The summed E-state index contributed by atoms with van der Waals surface area (Å²) in [6, 6.07) is 7.08. The molecule has 8 heteroatoms. The smallest absolute Gasteiger partial charge is 0.251 e. The van der Waals surface area contributed by atoms with Gasteiger partial charge >= 0.3 is 0 Å². The van der Waals surface area contributed by atoms with Gasteiger partial charge in [-0.25, -0.2) is 8.42 Å². The molecule has 2 aliphatic rings. The van der Waals surface area contributed by atoms with Crippen LogP contribution in [0.2, 0.25) is 0 Å². The van der Waals surface area contributed by atoms with E-state index in [1.165, 1.54) is 11.8 Å². The van der Waals surface area contributed by atoms with Crippen LogP contribution in [0.3, 0.4) is 0 Å². The molecule has 1 saturated heterocycles. The summed E-state index contributed by atoms with van der Waals surface area (Å²) >= 11 is 1.48. The first kappa shape index (κ1) is 17.3. The number of amides is 1. The van der Waals surface area contributed by atoms with Crippen LogP contribution in [-0.2, 0) is 9.84 Å². The second-order valence-electron chi connectivity index (χ2n) is 6.05. The minimum atomic E-state index is -2.93. The summed E-state index contributed by atoms with van der Waals surface area (Å²) in [5.41, 5.74) is 1.47. The van der Waals surface area contributed by atoms with Crippen LogP contribution in [0.5, 0.6) is 0 Å². The Morgan fingerprint density at radius 1 is 1.29 bits per heavy atom. The van der Waals surface area contributed by atoms with Crippen LogP contribution in [-0.4, -0.2) is 48.8 Å². The molecule has 0 radical (unpaired) electrons. The van der Waals surface area contributed by atoms with E-state index in [2.05, 4.69) is 22.5 Å². The Hall–Kier alpha value is -1.54. The molecular weight excluding hydrogens is 346 g/mol. The van der Waals surface area contributed by atoms with Crippen molar-refractivity contribution in [2.24, 2.45) is 4.99 Å². The molecule has 1 amide bonds. The van der Waals surface area contributed by atoms with Crippen LogP contribution in [0.1, 0.15) is 30.1 Å². The fraction of sp³-hybridized carbons (Fsp3) is 0.500. The number of unbranched alkanes of at least 4 members (excludes halogenated alkanes) is 1. The van der Waals surface area contributed by atoms with Crippen molar-refractivity contribution in [1.82, 2.24) is 5.32 Å². The van der Waals surface area contributed by atoms with Gasteiger partial charge < -0.3 is 10.6 Å². The number of anilines is 1. The number of carbonyl (C=O) groups is 1. The van der Waals surface area contributed by atoms with Gasteiger partial charge in [0.05, 0.1) is 17.5 Å². The summed E-state index contributed by atoms with van der Waals surface area (Å²) < 4.78 is 23.1. The van der Waals surface area contributed by atoms with Gasteiger partial charge in [-0.3, -0.25) is 9.79 Å². The quantitative estimate of drug-likeness (QED) is 0.776. The van der Waals surface area contributed by atoms with E-state index in [4.69, 9.17) is 0 Å². The molecule has 130 valence electrons. The lowest BCUT2D eigenvalue weighted by molar-refractivity contribution is 0.0953. The number of nitrogens with zero attached hydrogens (tertiary/aromatic N) is 1. The fourth-order valence-electron chi connectivity index (χ4n) is 2.73. The van der Waals surface area contributed by atoms with Gasteiger partial charge in [0, 0.05) is 23.0 Å². The van der Waals surface area contributed by atoms with Crippen LogP contribution < -0.4 is 10.6 Å². The van der Waals surface area contributed by atoms with E-state index >= 15 is 0 Å². The van der Waals surface area contributed by atoms with Gasteiger partial charge in [-0.1, -0.05) is 25.1 Å². The molecule has 1 aromatic carbocycles. The number of amidine groups is 1. The van der Waals surface area contributed by atoms with E-state index in [9.17, 15) is 13.2 Å². The molecule has 2 N–H and O–H groups in total. The molecule has 0 aromatic heterocycles. The maximum atomic E-state index is 12.0. The van der Waals surface area contributed by atoms with E-state index in [-0.39, 0.29) is 28.7 Å². The molecule has 2 aliphatic heterocycles. The molecule has 2 atom stereocenters. The average molecular weight is 367 g/mol. The predicted octanol–water partition coefficient (Wildman–Crippen LogP) is 1.90. The highest BCUT2D eigenvalue weighted by Crippen LogP contribution is 2.34. The highest BCUT2D eigenvalue weighted by Gasteiger charge is 2.42. The number of thioether (sulfide) groups is 1. The Kier molecular flexibility index (Phi) is 5.15. The molecule has 2 heterocycles. The van der Waals surface area contributed by atoms with Crippen molar-refractivity contribution in [1.29, 1.82) is 0 Å². The van der Waals surface area contributed by atoms with E-state index in [0.717, 1.165) is 23.7 Å². The summed E-state index contributed by atoms with van der Waals surface area (Å²) in [6.07, 6.45) is 2.02. The number of nitrogens with one attached hydrogen (secondary N) is 2. The second-order valence-corrected chi connectivity index (χ2v) is 9.43. The molecule has 6 nitrogen and oxygen atoms in total. The number of benzene rings is 1. The van der Waals surface area contributed by atoms with Crippen molar-refractivity contribution in [3.05, 3.63) is 29.8 Å². The largest absolute Gasteiger partial charge is 0.352 e. The minimum Gasteiger partial charge on any atom is -0.352 e. The van der Waals surface area contributed by atoms with Gasteiger partial charge in [-0.15, -0.1) is 0 Å². The number of aliphatic imine (C=N–C) groups is 1. The van der Waals surface area contributed by atoms with Gasteiger partial charge in [0.1, 0.15) is 0 Å². The van der Waals surface area contributed by atoms with Crippen molar-refractivity contribution in [2.75, 3.05) is 23.4 Å². The Morgan fingerprint density at radius 2 is 2.04 bits per heavy atom. The van der Waals surface area contributed by atoms with Gasteiger partial charge in [-0.2, -0.15) is 0 Å². The molecule has 0 saturated carbocycles. The maximum absolute atomic E-state index is 12.0. The number of carbonyl (C=O) groups excluding carboxylic acids is 1. The number of hydrogen-bond acceptors (Lipinski definition) is 6. The third kappa shape index (κ3) is 4.10. The zero-order valence-electron chi connectivity index (χ0n) is 13.5. The zero-order chi connectivity index (χ0) is 17.2. The first-order chi connectivity index (χ1) is 11.5. The monoisotopic (exact) mass is 367 g/mol.